The lowest BCUT2D eigenvalue weighted by atomic mass is 9.91. The van der Waals surface area contributed by atoms with Crippen LogP contribution in [0, 0.1) is 43.4 Å². The van der Waals surface area contributed by atoms with Crippen LogP contribution in [0.25, 0.3) is 0 Å². The molecular weight excluding hydrogens is 246 g/mol. The molecule has 0 saturated heterocycles. The molecule has 108 valence electrons. The number of aryl methyl sites for hydroxylation is 2. The van der Waals surface area contributed by atoms with Gasteiger partial charge >= 0.3 is 0 Å². The highest BCUT2D eigenvalue weighted by molar-refractivity contribution is 5.44. The standard InChI is InChI=1S/C18H25NO/c1-9-6-13(7-10(2)18(9)20-3)17(19)16-14-11-4-5-12(8-11)15(14)16/h6-7,11-12,14-17H,4-5,8,19H2,1-3H3. The maximum atomic E-state index is 6.63. The molecular formula is C18H25NO. The van der Waals surface area contributed by atoms with Gasteiger partial charge in [0.2, 0.25) is 0 Å². The van der Waals surface area contributed by atoms with E-state index in [-0.39, 0.29) is 6.04 Å². The summed E-state index contributed by atoms with van der Waals surface area (Å²) in [5.41, 5.74) is 10.4. The molecule has 5 unspecified atom stereocenters. The number of benzene rings is 1. The van der Waals surface area contributed by atoms with Gasteiger partial charge in [0.05, 0.1) is 7.11 Å². The fraction of sp³-hybridized carbons (Fsp3) is 0.667. The second kappa shape index (κ2) is 4.24. The smallest absolute Gasteiger partial charge is 0.124 e. The summed E-state index contributed by atoms with van der Waals surface area (Å²) >= 11 is 0. The molecule has 2 heteroatoms. The second-order valence-corrected chi connectivity index (χ2v) is 7.28. The Labute approximate surface area is 121 Å². The van der Waals surface area contributed by atoms with Gasteiger partial charge in [-0.25, -0.2) is 0 Å². The maximum absolute atomic E-state index is 6.63. The van der Waals surface area contributed by atoms with Crippen LogP contribution < -0.4 is 10.5 Å². The largest absolute Gasteiger partial charge is 0.496 e. The Kier molecular flexibility index (Phi) is 2.69. The number of methoxy groups -OCH3 is 1. The Bertz CT molecular complexity index is 513. The van der Waals surface area contributed by atoms with Crippen molar-refractivity contribution in [3.8, 4) is 5.75 Å². The Balaban J connectivity index is 1.60. The molecule has 3 saturated carbocycles. The predicted molar refractivity (Wildman–Crippen MR) is 80.7 cm³/mol. The van der Waals surface area contributed by atoms with Crippen molar-refractivity contribution >= 4 is 0 Å². The minimum absolute atomic E-state index is 0.233. The molecule has 0 spiro atoms. The van der Waals surface area contributed by atoms with Crippen LogP contribution in [0.3, 0.4) is 0 Å². The summed E-state index contributed by atoms with van der Waals surface area (Å²) in [5, 5.41) is 0. The van der Waals surface area contributed by atoms with E-state index in [9.17, 15) is 0 Å². The molecule has 2 bridgehead atoms. The highest BCUT2D eigenvalue weighted by Gasteiger charge is 2.66. The molecule has 0 aromatic heterocycles. The van der Waals surface area contributed by atoms with E-state index >= 15 is 0 Å². The van der Waals surface area contributed by atoms with E-state index in [0.29, 0.717) is 0 Å². The Morgan fingerprint density at radius 1 is 1.10 bits per heavy atom. The molecule has 0 heterocycles. The summed E-state index contributed by atoms with van der Waals surface area (Å²) in [6.45, 7) is 4.25. The van der Waals surface area contributed by atoms with Crippen LogP contribution in [0.2, 0.25) is 0 Å². The van der Waals surface area contributed by atoms with Crippen molar-refractivity contribution in [1.82, 2.24) is 0 Å². The van der Waals surface area contributed by atoms with Crippen LogP contribution in [0.1, 0.15) is 42.0 Å². The molecule has 3 aliphatic carbocycles. The number of hydrogen-bond acceptors (Lipinski definition) is 2. The average molecular weight is 271 g/mol. The molecule has 3 aliphatic rings. The first kappa shape index (κ1) is 12.7. The van der Waals surface area contributed by atoms with Gasteiger partial charge in [-0.1, -0.05) is 12.1 Å². The van der Waals surface area contributed by atoms with Crippen molar-refractivity contribution in [2.45, 2.75) is 39.2 Å². The zero-order valence-electron chi connectivity index (χ0n) is 12.7. The highest BCUT2D eigenvalue weighted by atomic mass is 16.5. The fourth-order valence-electron chi connectivity index (χ4n) is 5.59. The van der Waals surface area contributed by atoms with E-state index in [2.05, 4.69) is 26.0 Å². The monoisotopic (exact) mass is 271 g/mol. The first-order valence-electron chi connectivity index (χ1n) is 8.02. The molecule has 2 N–H and O–H groups in total. The number of hydrogen-bond donors (Lipinski definition) is 1. The Morgan fingerprint density at radius 3 is 2.15 bits per heavy atom. The van der Waals surface area contributed by atoms with Crippen molar-refractivity contribution in [3.05, 3.63) is 28.8 Å². The minimum atomic E-state index is 0.233. The van der Waals surface area contributed by atoms with Gasteiger partial charge in [0.1, 0.15) is 5.75 Å². The van der Waals surface area contributed by atoms with Gasteiger partial charge in [0, 0.05) is 6.04 Å². The fourth-order valence-corrected chi connectivity index (χ4v) is 5.59. The topological polar surface area (TPSA) is 35.2 Å². The van der Waals surface area contributed by atoms with E-state index in [4.69, 9.17) is 10.5 Å². The quantitative estimate of drug-likeness (QED) is 0.911. The lowest BCUT2D eigenvalue weighted by Gasteiger charge is -2.19. The van der Waals surface area contributed by atoms with Crippen LogP contribution in [0.4, 0.5) is 0 Å². The maximum Gasteiger partial charge on any atom is 0.124 e. The zero-order valence-corrected chi connectivity index (χ0v) is 12.7. The third kappa shape index (κ3) is 1.60. The summed E-state index contributed by atoms with van der Waals surface area (Å²) < 4.78 is 5.46. The number of fused-ring (bicyclic) bond motifs is 5. The Morgan fingerprint density at radius 2 is 1.65 bits per heavy atom. The normalized spacial score (nSPS) is 38.7. The van der Waals surface area contributed by atoms with Crippen LogP contribution in [0.15, 0.2) is 12.1 Å². The van der Waals surface area contributed by atoms with E-state index in [1.807, 2.05) is 0 Å². The third-order valence-corrected chi connectivity index (χ3v) is 6.28. The van der Waals surface area contributed by atoms with Crippen molar-refractivity contribution in [2.75, 3.05) is 7.11 Å². The van der Waals surface area contributed by atoms with Crippen molar-refractivity contribution in [2.24, 2.45) is 35.3 Å². The first-order chi connectivity index (χ1) is 9.61. The van der Waals surface area contributed by atoms with Crippen molar-refractivity contribution in [3.63, 3.8) is 0 Å². The molecule has 20 heavy (non-hydrogen) atoms. The molecule has 1 aromatic rings. The van der Waals surface area contributed by atoms with Crippen LogP contribution in [-0.4, -0.2) is 7.11 Å². The SMILES string of the molecule is COc1c(C)cc(C(N)C2C3C4CCC(C4)C32)cc1C. The van der Waals surface area contributed by atoms with Crippen LogP contribution >= 0.6 is 0 Å². The molecule has 0 aliphatic heterocycles. The van der Waals surface area contributed by atoms with E-state index in [0.717, 1.165) is 35.3 Å². The van der Waals surface area contributed by atoms with Gasteiger partial charge < -0.3 is 10.5 Å². The highest BCUT2D eigenvalue weighted by Crippen LogP contribution is 2.71. The van der Waals surface area contributed by atoms with Crippen molar-refractivity contribution in [1.29, 1.82) is 0 Å². The van der Waals surface area contributed by atoms with Gasteiger partial charge in [0.15, 0.2) is 0 Å². The zero-order chi connectivity index (χ0) is 14.0. The van der Waals surface area contributed by atoms with E-state index < -0.39 is 0 Å². The molecule has 1 aromatic carbocycles. The van der Waals surface area contributed by atoms with Gasteiger partial charge in [0.25, 0.3) is 0 Å². The summed E-state index contributed by atoms with van der Waals surface area (Å²) in [4.78, 5) is 0. The Hall–Kier alpha value is -1.02. The number of nitrogens with two attached hydrogens (primary N) is 1. The minimum Gasteiger partial charge on any atom is -0.496 e. The van der Waals surface area contributed by atoms with Gasteiger partial charge in [-0.15, -0.1) is 0 Å². The van der Waals surface area contributed by atoms with E-state index in [1.165, 1.54) is 36.0 Å². The molecule has 4 rings (SSSR count). The predicted octanol–water partition coefficient (Wildman–Crippen LogP) is 3.60. The molecule has 0 amide bonds. The molecule has 5 atom stereocenters. The van der Waals surface area contributed by atoms with Crippen molar-refractivity contribution < 1.29 is 4.74 Å². The summed E-state index contributed by atoms with van der Waals surface area (Å²) in [6.07, 6.45) is 4.44. The van der Waals surface area contributed by atoms with Gasteiger partial charge in [-0.05, 0) is 79.4 Å². The lowest BCUT2D eigenvalue weighted by Crippen LogP contribution is -2.18. The number of rotatable bonds is 3. The first-order valence-corrected chi connectivity index (χ1v) is 8.02. The van der Waals surface area contributed by atoms with Crippen LogP contribution in [0.5, 0.6) is 5.75 Å². The summed E-state index contributed by atoms with van der Waals surface area (Å²) in [6, 6.07) is 4.72. The summed E-state index contributed by atoms with van der Waals surface area (Å²) in [7, 11) is 1.75. The summed E-state index contributed by atoms with van der Waals surface area (Å²) in [5.74, 6) is 5.67. The third-order valence-electron chi connectivity index (χ3n) is 6.28. The molecule has 3 fully saturated rings. The van der Waals surface area contributed by atoms with Gasteiger partial charge in [-0.2, -0.15) is 0 Å². The van der Waals surface area contributed by atoms with E-state index in [1.54, 1.807) is 7.11 Å². The molecule has 2 nitrogen and oxygen atoms in total. The number of ether oxygens (including phenoxy) is 1. The van der Waals surface area contributed by atoms with Gasteiger partial charge in [-0.3, -0.25) is 0 Å². The van der Waals surface area contributed by atoms with Crippen LogP contribution in [-0.2, 0) is 0 Å². The average Bonchev–Trinajstić information content (AvgIpc) is 2.85. The lowest BCUT2D eigenvalue weighted by molar-refractivity contribution is 0.405. The molecule has 0 radical (unpaired) electrons. The second-order valence-electron chi connectivity index (χ2n) is 7.28.